The van der Waals surface area contributed by atoms with Crippen LogP contribution >= 0.6 is 11.6 Å². The highest BCUT2D eigenvalue weighted by atomic mass is 35.5. The minimum absolute atomic E-state index is 0.155. The molecule has 2 aromatic rings. The number of aromatic amines is 1. The predicted molar refractivity (Wildman–Crippen MR) is 61.2 cm³/mol. The number of aromatic nitrogens is 1. The molecule has 0 bridgehead atoms. The number of rotatable bonds is 2. The molecule has 0 spiro atoms. The minimum Gasteiger partial charge on any atom is -0.369 e. The Labute approximate surface area is 105 Å². The maximum Gasteiger partial charge on any atom is 0.431 e. The third-order valence-corrected chi connectivity index (χ3v) is 2.84. The minimum atomic E-state index is -4.59. The largest absolute Gasteiger partial charge is 0.431 e. The molecule has 3 N–H and O–H groups in total. The quantitative estimate of drug-likeness (QED) is 0.870. The molecule has 0 saturated heterocycles. The number of hydrogen-bond acceptors (Lipinski definition) is 1. The van der Waals surface area contributed by atoms with Crippen LogP contribution in [0.1, 0.15) is 11.3 Å². The Kier molecular flexibility index (Phi) is 2.98. The Morgan fingerprint density at radius 2 is 2.06 bits per heavy atom. The topological polar surface area (TPSA) is 58.9 Å². The van der Waals surface area contributed by atoms with Gasteiger partial charge in [0.05, 0.1) is 17.0 Å². The molecule has 1 aromatic heterocycles. The van der Waals surface area contributed by atoms with Crippen molar-refractivity contribution in [3.05, 3.63) is 34.5 Å². The maximum atomic E-state index is 12.8. The van der Waals surface area contributed by atoms with Crippen LogP contribution in [0.3, 0.4) is 0 Å². The zero-order chi connectivity index (χ0) is 13.5. The Bertz CT molecular complexity index is 619. The molecule has 0 unspecified atom stereocenters. The van der Waals surface area contributed by atoms with Gasteiger partial charge in [-0.05, 0) is 11.6 Å². The van der Waals surface area contributed by atoms with Gasteiger partial charge in [-0.2, -0.15) is 13.2 Å². The lowest BCUT2D eigenvalue weighted by atomic mass is 10.1. The number of carbonyl (C=O) groups excluding carboxylic acids is 1. The molecule has 0 fully saturated rings. The van der Waals surface area contributed by atoms with Crippen molar-refractivity contribution in [2.45, 2.75) is 12.6 Å². The summed E-state index contributed by atoms with van der Waals surface area (Å²) in [5, 5.41) is 0.419. The standard InChI is InChI=1S/C11H8ClF3N2O/c12-7-3-1-2-5-6(4-8(16)18)10(11(13,14)15)17-9(5)7/h1-3,17H,4H2,(H2,16,18). The van der Waals surface area contributed by atoms with Crippen LogP contribution in [0.15, 0.2) is 18.2 Å². The van der Waals surface area contributed by atoms with Crippen LogP contribution < -0.4 is 5.73 Å². The fraction of sp³-hybridized carbons (Fsp3) is 0.182. The summed E-state index contributed by atoms with van der Waals surface area (Å²) in [5.41, 5.74) is 3.97. The van der Waals surface area contributed by atoms with E-state index in [1.54, 1.807) is 0 Å². The number of benzene rings is 1. The second-order valence-electron chi connectivity index (χ2n) is 3.78. The zero-order valence-electron chi connectivity index (χ0n) is 8.94. The van der Waals surface area contributed by atoms with Crippen molar-refractivity contribution in [2.75, 3.05) is 0 Å². The average Bonchev–Trinajstić information content (AvgIpc) is 2.57. The molecule has 96 valence electrons. The molecule has 0 aliphatic rings. The van der Waals surface area contributed by atoms with E-state index in [9.17, 15) is 18.0 Å². The third kappa shape index (κ3) is 2.15. The van der Waals surface area contributed by atoms with Crippen molar-refractivity contribution in [2.24, 2.45) is 5.73 Å². The summed E-state index contributed by atoms with van der Waals surface area (Å²) in [6.45, 7) is 0. The van der Waals surface area contributed by atoms with E-state index >= 15 is 0 Å². The molecule has 0 aliphatic carbocycles. The molecule has 7 heteroatoms. The van der Waals surface area contributed by atoms with Crippen molar-refractivity contribution in [1.82, 2.24) is 4.98 Å². The molecule has 0 radical (unpaired) electrons. The SMILES string of the molecule is NC(=O)Cc1c(C(F)(F)F)[nH]c2c(Cl)cccc12. The van der Waals surface area contributed by atoms with E-state index in [-0.39, 0.29) is 21.5 Å². The van der Waals surface area contributed by atoms with Crippen molar-refractivity contribution >= 4 is 28.4 Å². The van der Waals surface area contributed by atoms with Gasteiger partial charge in [-0.3, -0.25) is 4.79 Å². The Morgan fingerprint density at radius 1 is 1.39 bits per heavy atom. The van der Waals surface area contributed by atoms with Crippen molar-refractivity contribution < 1.29 is 18.0 Å². The highest BCUT2D eigenvalue weighted by Gasteiger charge is 2.36. The second-order valence-corrected chi connectivity index (χ2v) is 4.19. The first-order chi connectivity index (χ1) is 8.30. The van der Waals surface area contributed by atoms with Gasteiger partial charge in [-0.25, -0.2) is 0 Å². The number of primary amides is 1. The van der Waals surface area contributed by atoms with Crippen LogP contribution in [0.5, 0.6) is 0 Å². The highest BCUT2D eigenvalue weighted by Crippen LogP contribution is 2.37. The fourth-order valence-corrected chi connectivity index (χ4v) is 2.06. The molecule has 0 aliphatic heterocycles. The Hall–Kier alpha value is -1.69. The first kappa shape index (κ1) is 12.8. The molecule has 1 heterocycles. The van der Waals surface area contributed by atoms with E-state index in [0.29, 0.717) is 0 Å². The fourth-order valence-electron chi connectivity index (χ4n) is 1.84. The second kappa shape index (κ2) is 4.20. The van der Waals surface area contributed by atoms with Gasteiger partial charge >= 0.3 is 6.18 Å². The van der Waals surface area contributed by atoms with Crippen LogP contribution in [0.4, 0.5) is 13.2 Å². The van der Waals surface area contributed by atoms with Gasteiger partial charge in [0.15, 0.2) is 0 Å². The molecule has 18 heavy (non-hydrogen) atoms. The lowest BCUT2D eigenvalue weighted by molar-refractivity contribution is -0.141. The van der Waals surface area contributed by atoms with Crippen LogP contribution in [0, 0.1) is 0 Å². The first-order valence-electron chi connectivity index (χ1n) is 4.95. The summed E-state index contributed by atoms with van der Waals surface area (Å²) in [4.78, 5) is 13.1. The molecule has 1 amide bonds. The van der Waals surface area contributed by atoms with Gasteiger partial charge in [0.25, 0.3) is 0 Å². The maximum absolute atomic E-state index is 12.8. The van der Waals surface area contributed by atoms with Crippen molar-refractivity contribution in [3.63, 3.8) is 0 Å². The van der Waals surface area contributed by atoms with Gasteiger partial charge in [-0.1, -0.05) is 23.7 Å². The molecule has 2 rings (SSSR count). The summed E-state index contributed by atoms with van der Waals surface area (Å²) in [5.74, 6) is -0.832. The number of para-hydroxylation sites is 1. The van der Waals surface area contributed by atoms with Gasteiger partial charge < -0.3 is 10.7 Å². The number of nitrogens with one attached hydrogen (secondary N) is 1. The molecule has 0 saturated carbocycles. The smallest absolute Gasteiger partial charge is 0.369 e. The zero-order valence-corrected chi connectivity index (χ0v) is 9.69. The number of fused-ring (bicyclic) bond motifs is 1. The van der Waals surface area contributed by atoms with E-state index in [1.807, 2.05) is 0 Å². The molecular weight excluding hydrogens is 269 g/mol. The number of amides is 1. The van der Waals surface area contributed by atoms with E-state index < -0.39 is 24.2 Å². The van der Waals surface area contributed by atoms with Crippen molar-refractivity contribution in [3.8, 4) is 0 Å². The van der Waals surface area contributed by atoms with Gasteiger partial charge in [-0.15, -0.1) is 0 Å². The number of H-pyrrole nitrogens is 1. The first-order valence-corrected chi connectivity index (χ1v) is 5.33. The number of alkyl halides is 3. The van der Waals surface area contributed by atoms with Crippen LogP contribution in [0.25, 0.3) is 10.9 Å². The normalized spacial score (nSPS) is 12.0. The summed E-state index contributed by atoms with van der Waals surface area (Å²) in [6.07, 6.45) is -5.08. The van der Waals surface area contributed by atoms with E-state index in [0.717, 1.165) is 0 Å². The Balaban J connectivity index is 2.76. The van der Waals surface area contributed by atoms with E-state index in [1.165, 1.54) is 18.2 Å². The van der Waals surface area contributed by atoms with E-state index in [4.69, 9.17) is 17.3 Å². The van der Waals surface area contributed by atoms with Gasteiger partial charge in [0.1, 0.15) is 5.69 Å². The third-order valence-electron chi connectivity index (χ3n) is 2.52. The van der Waals surface area contributed by atoms with Crippen LogP contribution in [0.2, 0.25) is 5.02 Å². The van der Waals surface area contributed by atoms with E-state index in [2.05, 4.69) is 4.98 Å². The average molecular weight is 277 g/mol. The predicted octanol–water partition coefficient (Wildman–Crippen LogP) is 2.87. The monoisotopic (exact) mass is 276 g/mol. The van der Waals surface area contributed by atoms with Gasteiger partial charge in [0.2, 0.25) is 5.91 Å². The Morgan fingerprint density at radius 3 is 2.61 bits per heavy atom. The number of nitrogens with two attached hydrogens (primary N) is 1. The summed E-state index contributed by atoms with van der Waals surface area (Å²) < 4.78 is 38.5. The van der Waals surface area contributed by atoms with Crippen LogP contribution in [-0.4, -0.2) is 10.9 Å². The summed E-state index contributed by atoms with van der Waals surface area (Å²) >= 11 is 5.81. The number of halogens is 4. The molecule has 3 nitrogen and oxygen atoms in total. The number of carbonyl (C=O) groups is 1. The summed E-state index contributed by atoms with van der Waals surface area (Å²) in [6, 6.07) is 4.45. The van der Waals surface area contributed by atoms with Crippen LogP contribution in [-0.2, 0) is 17.4 Å². The summed E-state index contributed by atoms with van der Waals surface area (Å²) in [7, 11) is 0. The van der Waals surface area contributed by atoms with Crippen molar-refractivity contribution in [1.29, 1.82) is 0 Å². The lowest BCUT2D eigenvalue weighted by Crippen LogP contribution is -2.17. The molecule has 1 aromatic carbocycles. The van der Waals surface area contributed by atoms with Gasteiger partial charge in [0, 0.05) is 5.39 Å². The molecule has 0 atom stereocenters. The number of hydrogen-bond donors (Lipinski definition) is 2. The highest BCUT2D eigenvalue weighted by molar-refractivity contribution is 6.35. The lowest BCUT2D eigenvalue weighted by Gasteiger charge is -2.06. The molecular formula is C11H8ClF3N2O.